The molecule has 0 saturated carbocycles. The lowest BCUT2D eigenvalue weighted by atomic mass is 10.2. The van der Waals surface area contributed by atoms with Crippen molar-refractivity contribution < 1.29 is 14.3 Å². The van der Waals surface area contributed by atoms with Gasteiger partial charge in [0.05, 0.1) is 5.75 Å². The number of hydrogen-bond donors (Lipinski definition) is 1. The van der Waals surface area contributed by atoms with E-state index in [4.69, 9.17) is 4.74 Å². The number of nitrogens with zero attached hydrogens (tertiary/aromatic N) is 3. The number of thioether (sulfide) groups is 1. The number of carbonyl (C=O) groups is 2. The van der Waals surface area contributed by atoms with E-state index >= 15 is 0 Å². The van der Waals surface area contributed by atoms with Crippen molar-refractivity contribution in [3.63, 3.8) is 0 Å². The molecule has 0 atom stereocenters. The molecule has 2 heterocycles. The van der Waals surface area contributed by atoms with Gasteiger partial charge in [0.15, 0.2) is 5.16 Å². The van der Waals surface area contributed by atoms with Crippen molar-refractivity contribution in [2.24, 2.45) is 0 Å². The fraction of sp³-hybridized carbons (Fsp3) is 0.429. The van der Waals surface area contributed by atoms with Crippen LogP contribution in [0.4, 0.5) is 4.79 Å². The number of aromatic amines is 1. The Bertz CT molecular complexity index is 911. The summed E-state index contributed by atoms with van der Waals surface area (Å²) >= 11 is 1.23. The number of ether oxygens (including phenoxy) is 1. The quantitative estimate of drug-likeness (QED) is 0.535. The van der Waals surface area contributed by atoms with Gasteiger partial charge in [0.25, 0.3) is 5.56 Å². The Morgan fingerprint density at radius 1 is 1.13 bits per heavy atom. The van der Waals surface area contributed by atoms with Crippen LogP contribution < -0.4 is 5.56 Å². The van der Waals surface area contributed by atoms with Gasteiger partial charge in [-0.25, -0.2) is 9.78 Å². The Kier molecular flexibility index (Phi) is 7.89. The number of amides is 2. The maximum absolute atomic E-state index is 12.5. The summed E-state index contributed by atoms with van der Waals surface area (Å²) in [4.78, 5) is 46.9. The van der Waals surface area contributed by atoms with Gasteiger partial charge >= 0.3 is 6.09 Å². The lowest BCUT2D eigenvalue weighted by Gasteiger charge is -2.34. The minimum atomic E-state index is -0.366. The smallest absolute Gasteiger partial charge is 0.410 e. The first kappa shape index (κ1) is 21.9. The zero-order valence-electron chi connectivity index (χ0n) is 17.0. The van der Waals surface area contributed by atoms with E-state index in [1.807, 2.05) is 37.3 Å². The molecule has 8 nitrogen and oxygen atoms in total. The molecule has 1 aliphatic heterocycles. The fourth-order valence-corrected chi connectivity index (χ4v) is 3.90. The molecule has 30 heavy (non-hydrogen) atoms. The first-order valence-electron chi connectivity index (χ1n) is 10.0. The number of nitrogens with one attached hydrogen (secondary N) is 1. The van der Waals surface area contributed by atoms with Gasteiger partial charge in [-0.2, -0.15) is 0 Å². The van der Waals surface area contributed by atoms with E-state index in [-0.39, 0.29) is 29.9 Å². The van der Waals surface area contributed by atoms with Crippen LogP contribution in [0.3, 0.4) is 0 Å². The van der Waals surface area contributed by atoms with Crippen LogP contribution in [-0.4, -0.2) is 63.7 Å². The van der Waals surface area contributed by atoms with Crippen molar-refractivity contribution in [1.29, 1.82) is 0 Å². The predicted octanol–water partition coefficient (Wildman–Crippen LogP) is 2.30. The second-order valence-corrected chi connectivity index (χ2v) is 7.95. The van der Waals surface area contributed by atoms with Crippen molar-refractivity contribution in [1.82, 2.24) is 19.8 Å². The van der Waals surface area contributed by atoms with Crippen LogP contribution in [-0.2, 0) is 22.6 Å². The van der Waals surface area contributed by atoms with Gasteiger partial charge in [0.2, 0.25) is 5.91 Å². The number of benzene rings is 1. The van der Waals surface area contributed by atoms with Crippen molar-refractivity contribution in [3.8, 4) is 0 Å². The summed E-state index contributed by atoms with van der Waals surface area (Å²) in [6.07, 6.45) is 1.26. The summed E-state index contributed by atoms with van der Waals surface area (Å²) in [7, 11) is 0. The van der Waals surface area contributed by atoms with E-state index in [0.29, 0.717) is 31.3 Å². The zero-order chi connectivity index (χ0) is 21.3. The molecule has 160 valence electrons. The number of aromatic nitrogens is 2. The van der Waals surface area contributed by atoms with Crippen molar-refractivity contribution in [2.45, 2.75) is 31.5 Å². The Balaban J connectivity index is 1.43. The van der Waals surface area contributed by atoms with Gasteiger partial charge in [-0.3, -0.25) is 9.59 Å². The molecule has 1 fully saturated rings. The molecule has 0 radical (unpaired) electrons. The number of hydrogen-bond acceptors (Lipinski definition) is 6. The van der Waals surface area contributed by atoms with E-state index in [1.165, 1.54) is 17.8 Å². The molecular formula is C21H26N4O4S. The number of aryl methyl sites for hydroxylation is 1. The molecule has 3 rings (SSSR count). The highest BCUT2D eigenvalue weighted by Gasteiger charge is 2.25. The van der Waals surface area contributed by atoms with Crippen LogP contribution >= 0.6 is 11.8 Å². The highest BCUT2D eigenvalue weighted by atomic mass is 32.2. The molecule has 1 aromatic carbocycles. The molecule has 2 aromatic rings. The van der Waals surface area contributed by atoms with E-state index in [1.54, 1.807) is 9.80 Å². The third-order valence-corrected chi connectivity index (χ3v) is 5.57. The van der Waals surface area contributed by atoms with Crippen molar-refractivity contribution in [3.05, 3.63) is 58.0 Å². The van der Waals surface area contributed by atoms with Crippen molar-refractivity contribution >= 4 is 23.8 Å². The summed E-state index contributed by atoms with van der Waals surface area (Å²) in [6, 6.07) is 11.0. The molecule has 0 unspecified atom stereocenters. The SMILES string of the molecule is CCCc1cc(=O)[nH]c(SCC(=O)N2CCN(C(=O)OCc3ccccc3)CC2)n1. The zero-order valence-corrected chi connectivity index (χ0v) is 17.8. The molecule has 1 aromatic heterocycles. The minimum absolute atomic E-state index is 0.0409. The molecule has 2 amide bonds. The van der Waals surface area contributed by atoms with Crippen LogP contribution in [0.25, 0.3) is 0 Å². The Morgan fingerprint density at radius 3 is 2.53 bits per heavy atom. The monoisotopic (exact) mass is 430 g/mol. The number of carbonyl (C=O) groups excluding carboxylic acids is 2. The number of piperazine rings is 1. The second-order valence-electron chi connectivity index (χ2n) is 6.99. The molecule has 0 spiro atoms. The second kappa shape index (κ2) is 10.8. The van der Waals surface area contributed by atoms with Gasteiger partial charge in [-0.05, 0) is 12.0 Å². The van der Waals surface area contributed by atoms with Crippen molar-refractivity contribution in [2.75, 3.05) is 31.9 Å². The average molecular weight is 431 g/mol. The van der Waals surface area contributed by atoms with Crippen LogP contribution in [0, 0.1) is 0 Å². The summed E-state index contributed by atoms with van der Waals surface area (Å²) in [5.74, 6) is 0.151. The number of H-pyrrole nitrogens is 1. The number of rotatable bonds is 7. The maximum atomic E-state index is 12.5. The van der Waals surface area contributed by atoms with Gasteiger partial charge < -0.3 is 19.5 Å². The van der Waals surface area contributed by atoms with E-state index in [2.05, 4.69) is 9.97 Å². The third kappa shape index (κ3) is 6.35. The largest absolute Gasteiger partial charge is 0.445 e. The van der Waals surface area contributed by atoms with Gasteiger partial charge in [0.1, 0.15) is 6.61 Å². The van der Waals surface area contributed by atoms with E-state index in [9.17, 15) is 14.4 Å². The predicted molar refractivity (Wildman–Crippen MR) is 114 cm³/mol. The van der Waals surface area contributed by atoms with Crippen LogP contribution in [0.5, 0.6) is 0 Å². The maximum Gasteiger partial charge on any atom is 0.410 e. The lowest BCUT2D eigenvalue weighted by molar-refractivity contribution is -0.129. The highest BCUT2D eigenvalue weighted by molar-refractivity contribution is 7.99. The molecule has 9 heteroatoms. The van der Waals surface area contributed by atoms with E-state index < -0.39 is 0 Å². The average Bonchev–Trinajstić information content (AvgIpc) is 2.76. The summed E-state index contributed by atoms with van der Waals surface area (Å²) in [5.41, 5.74) is 1.47. The third-order valence-electron chi connectivity index (χ3n) is 4.71. The Morgan fingerprint density at radius 2 is 1.83 bits per heavy atom. The molecule has 0 aliphatic carbocycles. The Hall–Kier alpha value is -2.81. The fourth-order valence-electron chi connectivity index (χ4n) is 3.11. The topological polar surface area (TPSA) is 95.6 Å². The van der Waals surface area contributed by atoms with Crippen LogP contribution in [0.1, 0.15) is 24.6 Å². The first-order chi connectivity index (χ1) is 14.5. The molecule has 1 N–H and O–H groups in total. The van der Waals surface area contributed by atoms with Crippen LogP contribution in [0.2, 0.25) is 0 Å². The minimum Gasteiger partial charge on any atom is -0.445 e. The molecule has 1 saturated heterocycles. The normalized spacial score (nSPS) is 13.9. The Labute approximate surface area is 179 Å². The highest BCUT2D eigenvalue weighted by Crippen LogP contribution is 2.14. The van der Waals surface area contributed by atoms with Gasteiger partial charge in [-0.1, -0.05) is 55.4 Å². The van der Waals surface area contributed by atoms with Gasteiger partial charge in [-0.15, -0.1) is 0 Å². The summed E-state index contributed by atoms with van der Waals surface area (Å²) in [6.45, 7) is 4.05. The van der Waals surface area contributed by atoms with Gasteiger partial charge in [0, 0.05) is 37.9 Å². The van der Waals surface area contributed by atoms with E-state index in [0.717, 1.165) is 24.1 Å². The molecule has 1 aliphatic rings. The summed E-state index contributed by atoms with van der Waals surface area (Å²) < 4.78 is 5.35. The summed E-state index contributed by atoms with van der Waals surface area (Å²) in [5, 5.41) is 0.461. The molecule has 0 bridgehead atoms. The first-order valence-corrected chi connectivity index (χ1v) is 11.0. The lowest BCUT2D eigenvalue weighted by Crippen LogP contribution is -2.51. The van der Waals surface area contributed by atoms with Crippen LogP contribution in [0.15, 0.2) is 46.3 Å². The molecular weight excluding hydrogens is 404 g/mol. The standard InChI is InChI=1S/C21H26N4O4S/c1-2-6-17-13-18(26)23-20(22-17)30-15-19(27)24-9-11-25(12-10-24)21(28)29-14-16-7-4-3-5-8-16/h3-5,7-8,13H,2,6,9-12,14-15H2,1H3,(H,22,23,26).